The number of para-hydroxylation sites is 1. The van der Waals surface area contributed by atoms with Crippen LogP contribution in [0.5, 0.6) is 5.75 Å². The van der Waals surface area contributed by atoms with Gasteiger partial charge in [-0.05, 0) is 42.8 Å². The summed E-state index contributed by atoms with van der Waals surface area (Å²) in [5.41, 5.74) is 2.49. The molecule has 0 unspecified atom stereocenters. The summed E-state index contributed by atoms with van der Waals surface area (Å²) in [7, 11) is 1.58. The van der Waals surface area contributed by atoms with E-state index in [0.29, 0.717) is 29.4 Å². The van der Waals surface area contributed by atoms with Gasteiger partial charge in [-0.15, -0.1) is 10.2 Å². The highest BCUT2D eigenvalue weighted by molar-refractivity contribution is 7.15. The van der Waals surface area contributed by atoms with Crippen molar-refractivity contribution >= 4 is 34.0 Å². The standard InChI is InChI=1S/C21H20N4O3S/c1-13-5-3-4-6-17(13)25-12-15(11-18(25)26)20-23-24-21(29-20)22-19(27)14-7-9-16(28-2)10-8-14/h3-10,15H,11-12H2,1-2H3,(H,22,24,27)/t15-/m1/s1. The van der Waals surface area contributed by atoms with E-state index >= 15 is 0 Å². The van der Waals surface area contributed by atoms with Crippen LogP contribution in [-0.2, 0) is 4.79 Å². The lowest BCUT2D eigenvalue weighted by atomic mass is 10.1. The molecule has 0 bridgehead atoms. The zero-order valence-corrected chi connectivity index (χ0v) is 16.9. The number of nitrogens with one attached hydrogen (secondary N) is 1. The Hall–Kier alpha value is -3.26. The Labute approximate surface area is 172 Å². The number of hydrogen-bond donors (Lipinski definition) is 1. The second-order valence-electron chi connectivity index (χ2n) is 6.82. The third kappa shape index (κ3) is 3.97. The molecule has 0 radical (unpaired) electrons. The Balaban J connectivity index is 1.44. The maximum Gasteiger partial charge on any atom is 0.257 e. The average molecular weight is 408 g/mol. The molecule has 1 aliphatic heterocycles. The number of aryl methyl sites for hydroxylation is 1. The van der Waals surface area contributed by atoms with Gasteiger partial charge in [-0.25, -0.2) is 0 Å². The largest absolute Gasteiger partial charge is 0.497 e. The lowest BCUT2D eigenvalue weighted by molar-refractivity contribution is -0.117. The average Bonchev–Trinajstić information content (AvgIpc) is 3.35. The Morgan fingerprint density at radius 1 is 1.17 bits per heavy atom. The minimum absolute atomic E-state index is 0.0359. The molecule has 1 atom stereocenters. The van der Waals surface area contributed by atoms with Crippen molar-refractivity contribution in [2.75, 3.05) is 23.9 Å². The molecule has 1 aromatic heterocycles. The van der Waals surface area contributed by atoms with Crippen molar-refractivity contribution in [3.8, 4) is 5.75 Å². The first-order valence-electron chi connectivity index (χ1n) is 9.20. The molecule has 1 fully saturated rings. The molecule has 1 saturated heterocycles. The number of ether oxygens (including phenoxy) is 1. The number of amides is 2. The predicted octanol–water partition coefficient (Wildman–Crippen LogP) is 3.63. The van der Waals surface area contributed by atoms with Gasteiger partial charge in [0.25, 0.3) is 5.91 Å². The van der Waals surface area contributed by atoms with Gasteiger partial charge in [0.05, 0.1) is 7.11 Å². The molecule has 0 aliphatic carbocycles. The van der Waals surface area contributed by atoms with Gasteiger partial charge in [-0.2, -0.15) is 0 Å². The van der Waals surface area contributed by atoms with Gasteiger partial charge in [0, 0.05) is 30.1 Å². The van der Waals surface area contributed by atoms with E-state index in [4.69, 9.17) is 4.74 Å². The summed E-state index contributed by atoms with van der Waals surface area (Å²) in [4.78, 5) is 26.7. The molecular weight excluding hydrogens is 388 g/mol. The fraction of sp³-hybridized carbons (Fsp3) is 0.238. The first-order valence-corrected chi connectivity index (χ1v) is 10.0. The van der Waals surface area contributed by atoms with Crippen molar-refractivity contribution in [2.24, 2.45) is 0 Å². The third-order valence-corrected chi connectivity index (χ3v) is 5.90. The highest BCUT2D eigenvalue weighted by atomic mass is 32.1. The number of rotatable bonds is 5. The fourth-order valence-electron chi connectivity index (χ4n) is 3.33. The van der Waals surface area contributed by atoms with Crippen molar-refractivity contribution in [1.82, 2.24) is 10.2 Å². The number of carbonyl (C=O) groups excluding carboxylic acids is 2. The molecule has 1 aliphatic rings. The van der Waals surface area contributed by atoms with Gasteiger partial charge in [0.1, 0.15) is 10.8 Å². The first-order chi connectivity index (χ1) is 14.0. The number of carbonyl (C=O) groups is 2. The van der Waals surface area contributed by atoms with Crippen molar-refractivity contribution in [2.45, 2.75) is 19.3 Å². The summed E-state index contributed by atoms with van der Waals surface area (Å²) in [6.07, 6.45) is 0.384. The summed E-state index contributed by atoms with van der Waals surface area (Å²) in [5.74, 6) is 0.456. The number of nitrogens with zero attached hydrogens (tertiary/aromatic N) is 3. The predicted molar refractivity (Wildman–Crippen MR) is 112 cm³/mol. The topological polar surface area (TPSA) is 84.4 Å². The Kier molecular flexibility index (Phi) is 5.26. The zero-order chi connectivity index (χ0) is 20.4. The monoisotopic (exact) mass is 408 g/mol. The fourth-order valence-corrected chi connectivity index (χ4v) is 4.16. The van der Waals surface area contributed by atoms with Gasteiger partial charge in [0.2, 0.25) is 11.0 Å². The minimum atomic E-state index is -0.264. The number of methoxy groups -OCH3 is 1. The van der Waals surface area contributed by atoms with Crippen LogP contribution in [0.4, 0.5) is 10.8 Å². The molecule has 0 spiro atoms. The molecule has 1 N–H and O–H groups in total. The number of benzene rings is 2. The number of aromatic nitrogens is 2. The van der Waals surface area contributed by atoms with E-state index in [-0.39, 0.29) is 17.7 Å². The minimum Gasteiger partial charge on any atom is -0.497 e. The summed E-state index contributed by atoms with van der Waals surface area (Å²) in [6, 6.07) is 14.7. The van der Waals surface area contributed by atoms with Crippen LogP contribution in [0.3, 0.4) is 0 Å². The van der Waals surface area contributed by atoms with Crippen molar-refractivity contribution in [1.29, 1.82) is 0 Å². The summed E-state index contributed by atoms with van der Waals surface area (Å²) >= 11 is 1.31. The van der Waals surface area contributed by atoms with Crippen molar-refractivity contribution in [3.05, 3.63) is 64.7 Å². The van der Waals surface area contributed by atoms with E-state index in [1.807, 2.05) is 31.2 Å². The SMILES string of the molecule is COc1ccc(C(=O)Nc2nnc([C@@H]3CC(=O)N(c4ccccc4C)C3)s2)cc1. The zero-order valence-electron chi connectivity index (χ0n) is 16.1. The van der Waals surface area contributed by atoms with Gasteiger partial charge in [-0.1, -0.05) is 29.5 Å². The van der Waals surface area contributed by atoms with Crippen LogP contribution in [0.15, 0.2) is 48.5 Å². The Morgan fingerprint density at radius 2 is 1.93 bits per heavy atom. The van der Waals surface area contributed by atoms with E-state index in [0.717, 1.165) is 16.3 Å². The van der Waals surface area contributed by atoms with Crippen molar-refractivity contribution in [3.63, 3.8) is 0 Å². The molecule has 8 heteroatoms. The van der Waals surface area contributed by atoms with Crippen molar-refractivity contribution < 1.29 is 14.3 Å². The Morgan fingerprint density at radius 3 is 2.66 bits per heavy atom. The highest BCUT2D eigenvalue weighted by Gasteiger charge is 2.34. The van der Waals surface area contributed by atoms with Gasteiger partial charge in [0.15, 0.2) is 0 Å². The lowest BCUT2D eigenvalue weighted by Gasteiger charge is -2.18. The third-order valence-electron chi connectivity index (χ3n) is 4.89. The van der Waals surface area contributed by atoms with Crippen LogP contribution in [0, 0.1) is 6.92 Å². The molecule has 29 heavy (non-hydrogen) atoms. The number of anilines is 2. The van der Waals surface area contributed by atoms with E-state index in [1.165, 1.54) is 11.3 Å². The van der Waals surface area contributed by atoms with Crippen LogP contribution in [0.1, 0.15) is 33.3 Å². The van der Waals surface area contributed by atoms with E-state index in [1.54, 1.807) is 36.3 Å². The molecular formula is C21H20N4O3S. The quantitative estimate of drug-likeness (QED) is 0.697. The molecule has 2 heterocycles. The molecule has 148 valence electrons. The maximum absolute atomic E-state index is 12.5. The molecule has 3 aromatic rings. The summed E-state index contributed by atoms with van der Waals surface area (Å²) in [5, 5.41) is 12.2. The van der Waals surface area contributed by atoms with Crippen LogP contribution < -0.4 is 15.0 Å². The molecule has 2 amide bonds. The van der Waals surface area contributed by atoms with Gasteiger partial charge < -0.3 is 9.64 Å². The smallest absolute Gasteiger partial charge is 0.257 e. The van der Waals surface area contributed by atoms with E-state index < -0.39 is 0 Å². The normalized spacial score (nSPS) is 16.1. The van der Waals surface area contributed by atoms with Crippen LogP contribution in [0.25, 0.3) is 0 Å². The van der Waals surface area contributed by atoms with E-state index in [2.05, 4.69) is 15.5 Å². The maximum atomic E-state index is 12.5. The van der Waals surface area contributed by atoms with Gasteiger partial charge in [-0.3, -0.25) is 14.9 Å². The van der Waals surface area contributed by atoms with Gasteiger partial charge >= 0.3 is 0 Å². The highest BCUT2D eigenvalue weighted by Crippen LogP contribution is 2.35. The lowest BCUT2D eigenvalue weighted by Crippen LogP contribution is -2.25. The van der Waals surface area contributed by atoms with Crippen LogP contribution >= 0.6 is 11.3 Å². The molecule has 2 aromatic carbocycles. The first kappa shape index (κ1) is 19.1. The molecule has 0 saturated carbocycles. The second kappa shape index (κ2) is 8.00. The number of hydrogen-bond acceptors (Lipinski definition) is 6. The summed E-state index contributed by atoms with van der Waals surface area (Å²) < 4.78 is 5.10. The molecule has 7 nitrogen and oxygen atoms in total. The Bertz CT molecular complexity index is 1050. The van der Waals surface area contributed by atoms with E-state index in [9.17, 15) is 9.59 Å². The second-order valence-corrected chi connectivity index (χ2v) is 7.83. The summed E-state index contributed by atoms with van der Waals surface area (Å²) in [6.45, 7) is 2.55. The molecule has 4 rings (SSSR count). The van der Waals surface area contributed by atoms with Crippen LogP contribution in [0.2, 0.25) is 0 Å². The van der Waals surface area contributed by atoms with Crippen LogP contribution in [-0.4, -0.2) is 35.7 Å².